The van der Waals surface area contributed by atoms with Crippen LogP contribution in [-0.2, 0) is 27.3 Å². The number of anilines is 1. The number of hydrogen-bond donors (Lipinski definition) is 4. The van der Waals surface area contributed by atoms with E-state index in [0.717, 1.165) is 30.5 Å². The van der Waals surface area contributed by atoms with Crippen LogP contribution in [-0.4, -0.2) is 60.2 Å². The Balaban J connectivity index is 0.00000342. The molecule has 2 atom stereocenters. The maximum Gasteiger partial charge on any atom is 0.281 e. The number of nitrogens with one attached hydrogen (secondary N) is 3. The number of halogens is 1. The van der Waals surface area contributed by atoms with Gasteiger partial charge in [0.15, 0.2) is 6.61 Å². The van der Waals surface area contributed by atoms with Crippen molar-refractivity contribution in [3.05, 3.63) is 53.6 Å². The van der Waals surface area contributed by atoms with E-state index in [0.29, 0.717) is 23.6 Å². The number of nitrogens with zero attached hydrogens (tertiary/aromatic N) is 1. The number of benzene rings is 2. The normalized spacial score (nSPS) is 18.6. The molecule has 0 radical (unpaired) electrons. The number of hydroxylamine groups is 1. The quantitative estimate of drug-likeness (QED) is 0.333. The van der Waals surface area contributed by atoms with Gasteiger partial charge in [0.05, 0.1) is 13.2 Å². The van der Waals surface area contributed by atoms with Crippen LogP contribution in [0.5, 0.6) is 11.5 Å². The van der Waals surface area contributed by atoms with Crippen molar-refractivity contribution in [1.29, 1.82) is 0 Å². The van der Waals surface area contributed by atoms with E-state index in [1.807, 2.05) is 6.07 Å². The molecule has 2 aliphatic rings. The molecule has 0 unspecified atom stereocenters. The zero-order valence-corrected chi connectivity index (χ0v) is 20.1. The summed E-state index contributed by atoms with van der Waals surface area (Å²) in [6.07, 6.45) is 2.00. The molecule has 1 fully saturated rings. The fraction of sp³-hybridized carbons (Fsp3) is 0.375. The highest BCUT2D eigenvalue weighted by Crippen LogP contribution is 2.29. The number of carbonyl (C=O) groups is 3. The predicted molar refractivity (Wildman–Crippen MR) is 130 cm³/mol. The first-order valence-electron chi connectivity index (χ1n) is 11.1. The van der Waals surface area contributed by atoms with E-state index < -0.39 is 11.9 Å². The van der Waals surface area contributed by atoms with Gasteiger partial charge in [-0.05, 0) is 66.9 Å². The molecule has 0 saturated carbocycles. The highest BCUT2D eigenvalue weighted by Gasteiger charge is 2.38. The molecule has 0 aromatic heterocycles. The second-order valence-corrected chi connectivity index (χ2v) is 8.31. The summed E-state index contributed by atoms with van der Waals surface area (Å²) < 4.78 is 10.6. The third-order valence-corrected chi connectivity index (χ3v) is 6.10. The molecule has 2 aromatic rings. The largest absolute Gasteiger partial charge is 0.497 e. The zero-order valence-electron chi connectivity index (χ0n) is 19.3. The molecule has 0 spiro atoms. The van der Waals surface area contributed by atoms with E-state index >= 15 is 0 Å². The number of hydrogen-bond acceptors (Lipinski definition) is 7. The molecule has 35 heavy (non-hydrogen) atoms. The van der Waals surface area contributed by atoms with E-state index in [2.05, 4.69) is 10.6 Å². The molecule has 4 rings (SSSR count). The van der Waals surface area contributed by atoms with Crippen LogP contribution < -0.4 is 25.6 Å². The van der Waals surface area contributed by atoms with Crippen LogP contribution in [0, 0.1) is 0 Å². The molecule has 188 valence electrons. The van der Waals surface area contributed by atoms with Crippen molar-refractivity contribution in [2.75, 3.05) is 25.6 Å². The summed E-state index contributed by atoms with van der Waals surface area (Å²) in [6.45, 7) is 0.682. The van der Waals surface area contributed by atoms with Crippen molar-refractivity contribution in [3.8, 4) is 11.5 Å². The summed E-state index contributed by atoms with van der Waals surface area (Å²) in [7, 11) is 1.57. The summed E-state index contributed by atoms with van der Waals surface area (Å²) in [5.41, 5.74) is 3.92. The van der Waals surface area contributed by atoms with Crippen LogP contribution in [0.15, 0.2) is 42.5 Å². The highest BCUT2D eigenvalue weighted by molar-refractivity contribution is 5.98. The number of fused-ring (bicyclic) bond motifs is 1. The summed E-state index contributed by atoms with van der Waals surface area (Å²) in [6, 6.07) is 11.4. The maximum atomic E-state index is 13.4. The van der Waals surface area contributed by atoms with Crippen molar-refractivity contribution in [1.82, 2.24) is 15.7 Å². The van der Waals surface area contributed by atoms with Gasteiger partial charge >= 0.3 is 0 Å². The molecule has 0 aliphatic carbocycles. The van der Waals surface area contributed by atoms with Gasteiger partial charge in [0.1, 0.15) is 17.5 Å². The Labute approximate surface area is 209 Å². The van der Waals surface area contributed by atoms with Crippen LogP contribution in [0.4, 0.5) is 5.69 Å². The van der Waals surface area contributed by atoms with E-state index in [4.69, 9.17) is 14.7 Å². The van der Waals surface area contributed by atoms with Crippen LogP contribution >= 0.6 is 12.4 Å². The van der Waals surface area contributed by atoms with Gasteiger partial charge in [-0.3, -0.25) is 19.6 Å². The van der Waals surface area contributed by atoms with Gasteiger partial charge < -0.3 is 25.0 Å². The Morgan fingerprint density at radius 2 is 1.86 bits per heavy atom. The lowest BCUT2D eigenvalue weighted by atomic mass is 9.92. The van der Waals surface area contributed by atoms with Gasteiger partial charge in [0.2, 0.25) is 11.8 Å². The third kappa shape index (κ3) is 6.21. The summed E-state index contributed by atoms with van der Waals surface area (Å²) in [4.78, 5) is 39.5. The fourth-order valence-electron chi connectivity index (χ4n) is 4.29. The minimum Gasteiger partial charge on any atom is -0.497 e. The van der Waals surface area contributed by atoms with Crippen molar-refractivity contribution >= 4 is 35.8 Å². The molecule has 1 saturated heterocycles. The molecular weight excluding hydrogens is 476 g/mol. The minimum absolute atomic E-state index is 0. The second kappa shape index (κ2) is 11.9. The second-order valence-electron chi connectivity index (χ2n) is 8.31. The van der Waals surface area contributed by atoms with Gasteiger partial charge in [-0.15, -0.1) is 12.4 Å². The molecule has 4 N–H and O–H groups in total. The van der Waals surface area contributed by atoms with Crippen molar-refractivity contribution in [2.24, 2.45) is 0 Å². The van der Waals surface area contributed by atoms with Crippen LogP contribution in [0.1, 0.15) is 24.0 Å². The average Bonchev–Trinajstić information content (AvgIpc) is 3.41. The van der Waals surface area contributed by atoms with E-state index in [1.165, 1.54) is 5.48 Å². The summed E-state index contributed by atoms with van der Waals surface area (Å²) >= 11 is 0. The first kappa shape index (κ1) is 26.3. The Morgan fingerprint density at radius 3 is 2.51 bits per heavy atom. The maximum absolute atomic E-state index is 13.4. The number of ether oxygens (including phenoxy) is 2. The molecular formula is C24H29ClN4O6. The lowest BCUT2D eigenvalue weighted by Gasteiger charge is -2.37. The lowest BCUT2D eigenvalue weighted by Crippen LogP contribution is -2.55. The van der Waals surface area contributed by atoms with E-state index in [1.54, 1.807) is 48.4 Å². The molecule has 2 heterocycles. The number of rotatable bonds is 7. The number of carbonyl (C=O) groups excluding carboxylic acids is 3. The summed E-state index contributed by atoms with van der Waals surface area (Å²) in [5, 5.41) is 14.8. The average molecular weight is 505 g/mol. The SMILES string of the molecule is COc1ccc(NC(=O)[C@@H]2Cc3ccc(OCC(=O)NO)cc3CN2C(=O)[C@@H]2CCCN2)cc1.Cl. The highest BCUT2D eigenvalue weighted by atomic mass is 35.5. The standard InChI is InChI=1S/C24H28N4O6.ClH/c1-33-18-8-5-17(6-9-18)26-23(30)21-12-15-4-7-19(34-14-22(29)27-32)11-16(15)13-28(21)24(31)20-3-2-10-25-20;/h4-9,11,20-21,25,32H,2-3,10,12-14H2,1H3,(H,26,30)(H,27,29);1H/t20-,21-;/m0./s1. The molecule has 2 aliphatic heterocycles. The van der Waals surface area contributed by atoms with Crippen LogP contribution in [0.3, 0.4) is 0 Å². The monoisotopic (exact) mass is 504 g/mol. The first-order chi connectivity index (χ1) is 16.5. The van der Waals surface area contributed by atoms with Crippen LogP contribution in [0.25, 0.3) is 0 Å². The van der Waals surface area contributed by atoms with Gasteiger partial charge in [-0.25, -0.2) is 5.48 Å². The third-order valence-electron chi connectivity index (χ3n) is 6.10. The molecule has 11 heteroatoms. The van der Waals surface area contributed by atoms with Gasteiger partial charge in [0, 0.05) is 18.7 Å². The number of methoxy groups -OCH3 is 1. The fourth-order valence-corrected chi connectivity index (χ4v) is 4.29. The van der Waals surface area contributed by atoms with E-state index in [-0.39, 0.29) is 43.4 Å². The van der Waals surface area contributed by atoms with Crippen molar-refractivity contribution in [2.45, 2.75) is 37.9 Å². The zero-order chi connectivity index (χ0) is 24.1. The smallest absolute Gasteiger partial charge is 0.281 e. The molecule has 2 aromatic carbocycles. The first-order valence-corrected chi connectivity index (χ1v) is 11.1. The van der Waals surface area contributed by atoms with Crippen molar-refractivity contribution in [3.63, 3.8) is 0 Å². The Morgan fingerprint density at radius 1 is 1.11 bits per heavy atom. The van der Waals surface area contributed by atoms with Gasteiger partial charge in [-0.2, -0.15) is 0 Å². The minimum atomic E-state index is -0.670. The lowest BCUT2D eigenvalue weighted by molar-refractivity contribution is -0.141. The Bertz CT molecular complexity index is 1060. The van der Waals surface area contributed by atoms with Gasteiger partial charge in [-0.1, -0.05) is 6.07 Å². The predicted octanol–water partition coefficient (Wildman–Crippen LogP) is 1.65. The topological polar surface area (TPSA) is 129 Å². The Kier molecular flexibility index (Phi) is 8.91. The molecule has 3 amide bonds. The molecule has 0 bridgehead atoms. The van der Waals surface area contributed by atoms with Gasteiger partial charge in [0.25, 0.3) is 5.91 Å². The van der Waals surface area contributed by atoms with Crippen LogP contribution in [0.2, 0.25) is 0 Å². The Hall–Kier alpha value is -3.34. The molecule has 10 nitrogen and oxygen atoms in total. The van der Waals surface area contributed by atoms with E-state index in [9.17, 15) is 14.4 Å². The number of amides is 3. The van der Waals surface area contributed by atoms with Crippen molar-refractivity contribution < 1.29 is 29.1 Å². The summed E-state index contributed by atoms with van der Waals surface area (Å²) in [5.74, 6) is 0.0845.